The van der Waals surface area contributed by atoms with Crippen molar-refractivity contribution >= 4 is 86.9 Å². The number of carboxylic acid groups (broad SMARTS) is 1. The average molecular weight is 1000 g/mol. The average Bonchev–Trinajstić information content (AvgIpc) is 3.63. The highest BCUT2D eigenvalue weighted by Crippen LogP contribution is 2.46. The van der Waals surface area contributed by atoms with Gasteiger partial charge in [0, 0.05) is 23.6 Å². The first-order valence-corrected chi connectivity index (χ1v) is 22.8. The summed E-state index contributed by atoms with van der Waals surface area (Å²) in [6.45, 7) is -1.81. The highest BCUT2D eigenvalue weighted by molar-refractivity contribution is 7.86. The number of phenolic OH excluding ortho intramolecular Hbond substituents is 1. The fourth-order valence-corrected chi connectivity index (χ4v) is 7.86. The van der Waals surface area contributed by atoms with Crippen molar-refractivity contribution < 1.29 is 88.7 Å². The highest BCUT2D eigenvalue weighted by Gasteiger charge is 2.27. The molecule has 0 spiro atoms. The molecule has 0 fully saturated rings. The summed E-state index contributed by atoms with van der Waals surface area (Å²) in [6, 6.07) is 12.8. The number of anilines is 1. The lowest BCUT2D eigenvalue weighted by Crippen LogP contribution is -2.04. The maximum Gasteiger partial charge on any atom is 0.358 e. The zero-order valence-corrected chi connectivity index (χ0v) is 36.6. The van der Waals surface area contributed by atoms with Gasteiger partial charge in [-0.2, -0.15) is 35.0 Å². The lowest BCUT2D eigenvalue weighted by Gasteiger charge is -2.13. The summed E-state index contributed by atoms with van der Waals surface area (Å²) in [6.07, 6.45) is 0. The van der Waals surface area contributed by atoms with Gasteiger partial charge in [-0.15, -0.1) is 30.7 Å². The van der Waals surface area contributed by atoms with Crippen LogP contribution in [0.5, 0.6) is 28.9 Å². The number of nitrogens with one attached hydrogen (secondary N) is 1. The maximum atomic E-state index is 12.8. The Balaban J connectivity index is 1.44. The molecule has 0 atom stereocenters. The number of benzene rings is 5. The van der Waals surface area contributed by atoms with Gasteiger partial charge in [0.25, 0.3) is 30.4 Å². The van der Waals surface area contributed by atoms with Gasteiger partial charge in [-0.3, -0.25) is 24.3 Å². The first kappa shape index (κ1) is 49.7. The summed E-state index contributed by atoms with van der Waals surface area (Å²) in [5.74, 6) is -4.06. The lowest BCUT2D eigenvalue weighted by molar-refractivity contribution is 0.0690. The van der Waals surface area contributed by atoms with E-state index in [1.807, 2.05) is 0 Å². The second-order valence-electron chi connectivity index (χ2n) is 13.3. The van der Waals surface area contributed by atoms with E-state index in [2.05, 4.69) is 35.8 Å². The van der Waals surface area contributed by atoms with Gasteiger partial charge < -0.3 is 39.7 Å². The van der Waals surface area contributed by atoms with Crippen LogP contribution in [0.3, 0.4) is 0 Å². The van der Waals surface area contributed by atoms with Gasteiger partial charge in [-0.1, -0.05) is 0 Å². The number of aromatic nitrogens is 2. The van der Waals surface area contributed by atoms with Crippen molar-refractivity contribution in [2.75, 3.05) is 39.0 Å². The molecule has 0 aliphatic carbocycles. The zero-order valence-electron chi connectivity index (χ0n) is 34.2. The Kier molecular flexibility index (Phi) is 14.6. The van der Waals surface area contributed by atoms with Crippen LogP contribution >= 0.6 is 0 Å². The molecule has 358 valence electrons. The number of nitrogens with zero attached hydrogens (tertiary/aromatic N) is 8. The topological polar surface area (TPSA) is 433 Å². The van der Waals surface area contributed by atoms with E-state index >= 15 is 0 Å². The van der Waals surface area contributed by atoms with E-state index in [0.717, 1.165) is 60.7 Å². The number of hydrogen-bond acceptors (Lipinski definition) is 23. The van der Waals surface area contributed by atoms with Crippen LogP contribution in [0.25, 0.3) is 16.5 Å². The van der Waals surface area contributed by atoms with Crippen molar-refractivity contribution in [2.45, 2.75) is 14.7 Å². The van der Waals surface area contributed by atoms with E-state index in [-0.39, 0.29) is 69.7 Å². The fraction of sp³-hybridized carbons (Fsp3) is 0.135. The summed E-state index contributed by atoms with van der Waals surface area (Å²) in [7, 11) is -13.9. The predicted molar refractivity (Wildman–Crippen MR) is 230 cm³/mol. The Labute approximate surface area is 381 Å². The smallest absolute Gasteiger partial charge is 0.358 e. The molecule has 6 aromatic rings. The first-order valence-electron chi connectivity index (χ1n) is 18.5. The molecule has 1 aromatic heterocycles. The molecule has 10 N–H and O–H groups in total. The van der Waals surface area contributed by atoms with Crippen LogP contribution in [0.1, 0.15) is 10.5 Å². The standard InChI is InChI=1S/C37H33N9O19S3/c1-63-21-4-7-24(30(15-21)67(57,58)59)38-40-25-16-28(65-11-9-48)26(17-27(25)64-10-8-47)41-42-32-31(68(60,61)62)13-18-12-20(3-5-22(18)35(32)49)46-36(50)33(34(44-46)37(51)52)43-39-23-6-2-19(45-53)14-29(23)66(54,55)56/h2-7,12-17,45,47-50,53H,8-11H2,1H3,(H,51,52)(H,54,55,56)(H,57,58,59)(H,60,61,62)/b40-38+,42-41+,43-39+. The van der Waals surface area contributed by atoms with Crippen molar-refractivity contribution in [3.05, 3.63) is 78.5 Å². The molecule has 28 nitrogen and oxygen atoms in total. The minimum atomic E-state index is -5.29. The highest BCUT2D eigenvalue weighted by atomic mass is 32.2. The number of aliphatic hydroxyl groups is 2. The molecule has 0 radical (unpaired) electrons. The minimum Gasteiger partial charge on any atom is -0.505 e. The first-order chi connectivity index (χ1) is 32.1. The van der Waals surface area contributed by atoms with Gasteiger partial charge in [-0.25, -0.2) is 4.79 Å². The van der Waals surface area contributed by atoms with Gasteiger partial charge >= 0.3 is 5.97 Å². The molecular weight excluding hydrogens is 971 g/mol. The lowest BCUT2D eigenvalue weighted by atomic mass is 10.1. The zero-order chi connectivity index (χ0) is 49.7. The molecule has 0 saturated carbocycles. The Hall–Kier alpha value is -7.75. The normalized spacial score (nSPS) is 12.4. The predicted octanol–water partition coefficient (Wildman–Crippen LogP) is 5.67. The number of aromatic hydroxyl groups is 2. The monoisotopic (exact) mass is 1000 g/mol. The van der Waals surface area contributed by atoms with Crippen LogP contribution in [-0.4, -0.2) is 119 Å². The number of aliphatic hydroxyl groups excluding tert-OH is 2. The third-order valence-electron chi connectivity index (χ3n) is 8.93. The van der Waals surface area contributed by atoms with E-state index in [1.165, 1.54) is 19.2 Å². The molecule has 0 unspecified atom stereocenters. The fourth-order valence-electron chi connectivity index (χ4n) is 5.92. The molecule has 0 saturated heterocycles. The number of phenols is 1. The molecule has 1 heterocycles. The van der Waals surface area contributed by atoms with Gasteiger partial charge in [0.2, 0.25) is 11.6 Å². The SMILES string of the molecule is COc1ccc(/N=N/c2cc(OCCO)c(/N=N/c3c(S(=O)(=O)O)cc4cc(-n5nc(C(=O)O)c(/N=N/c6ccc(NO)cc6S(=O)(=O)O)c5O)ccc4c3O)cc2OCCO)c(S(=O)(=O)O)c1. The molecule has 6 rings (SSSR count). The summed E-state index contributed by atoms with van der Waals surface area (Å²) < 4.78 is 120. The van der Waals surface area contributed by atoms with Crippen LogP contribution in [-0.2, 0) is 30.4 Å². The van der Waals surface area contributed by atoms with Gasteiger partial charge in [0.05, 0.1) is 31.7 Å². The second-order valence-corrected chi connectivity index (χ2v) is 17.5. The minimum absolute atomic E-state index is 0.0589. The number of fused-ring (bicyclic) bond motifs is 1. The largest absolute Gasteiger partial charge is 0.505 e. The Morgan fingerprint density at radius 2 is 1.19 bits per heavy atom. The van der Waals surface area contributed by atoms with Gasteiger partial charge in [0.1, 0.15) is 73.6 Å². The molecule has 0 bridgehead atoms. The second kappa shape index (κ2) is 20.0. The summed E-state index contributed by atoms with van der Waals surface area (Å²) in [5, 5.41) is 87.0. The number of azo groups is 3. The molecule has 68 heavy (non-hydrogen) atoms. The van der Waals surface area contributed by atoms with Crippen LogP contribution in [0.2, 0.25) is 0 Å². The van der Waals surface area contributed by atoms with Crippen molar-refractivity contribution in [2.24, 2.45) is 30.7 Å². The number of aromatic carboxylic acids is 1. The molecule has 0 aliphatic rings. The molecule has 0 aliphatic heterocycles. The summed E-state index contributed by atoms with van der Waals surface area (Å²) in [5.41, 5.74) is -2.73. The number of rotatable bonds is 19. The van der Waals surface area contributed by atoms with Crippen LogP contribution in [0.15, 0.2) is 118 Å². The van der Waals surface area contributed by atoms with E-state index < -0.39 is 98.6 Å². The number of carboxylic acids is 1. The third kappa shape index (κ3) is 10.9. The summed E-state index contributed by atoms with van der Waals surface area (Å²) >= 11 is 0. The van der Waals surface area contributed by atoms with E-state index in [9.17, 15) is 69.2 Å². The van der Waals surface area contributed by atoms with Crippen molar-refractivity contribution in [3.8, 4) is 34.6 Å². The van der Waals surface area contributed by atoms with Crippen molar-refractivity contribution in [1.29, 1.82) is 0 Å². The van der Waals surface area contributed by atoms with E-state index in [1.54, 1.807) is 5.48 Å². The van der Waals surface area contributed by atoms with Crippen molar-refractivity contribution in [1.82, 2.24) is 9.78 Å². The molecular formula is C37H33N9O19S3. The number of carbonyl (C=O) groups is 1. The Morgan fingerprint density at radius 1 is 0.662 bits per heavy atom. The van der Waals surface area contributed by atoms with Crippen LogP contribution < -0.4 is 19.7 Å². The Bertz CT molecular complexity index is 3400. The van der Waals surface area contributed by atoms with Gasteiger partial charge in [-0.05, 0) is 60.0 Å². The number of methoxy groups -OCH3 is 1. The molecule has 0 amide bonds. The van der Waals surface area contributed by atoms with E-state index in [4.69, 9.17) is 19.4 Å². The van der Waals surface area contributed by atoms with Crippen LogP contribution in [0, 0.1) is 0 Å². The van der Waals surface area contributed by atoms with Gasteiger partial charge in [0.15, 0.2) is 11.4 Å². The van der Waals surface area contributed by atoms with Crippen LogP contribution in [0.4, 0.5) is 39.8 Å². The van der Waals surface area contributed by atoms with E-state index in [0.29, 0.717) is 4.68 Å². The van der Waals surface area contributed by atoms with Crippen molar-refractivity contribution in [3.63, 3.8) is 0 Å². The third-order valence-corrected chi connectivity index (χ3v) is 11.6. The quantitative estimate of drug-likeness (QED) is 0.0265. The number of ether oxygens (including phenoxy) is 3. The number of hydrogen-bond donors (Lipinski definition) is 10. The Morgan fingerprint density at radius 3 is 1.74 bits per heavy atom. The maximum absolute atomic E-state index is 12.8. The summed E-state index contributed by atoms with van der Waals surface area (Å²) in [4.78, 5) is 9.58. The molecule has 5 aromatic carbocycles. The molecule has 31 heteroatoms.